The fourth-order valence-electron chi connectivity index (χ4n) is 8.87. The molecule has 306 valence electrons. The average molecular weight is 791 g/mol. The van der Waals surface area contributed by atoms with Crippen molar-refractivity contribution in [3.8, 4) is 17.6 Å². The smallest absolute Gasteiger partial charge is 0.412 e. The number of amides is 2. The van der Waals surface area contributed by atoms with Gasteiger partial charge in [-0.05, 0) is 98.0 Å². The van der Waals surface area contributed by atoms with Crippen molar-refractivity contribution < 1.29 is 38.9 Å². The van der Waals surface area contributed by atoms with Crippen LogP contribution in [0.4, 0.5) is 4.79 Å². The van der Waals surface area contributed by atoms with Gasteiger partial charge in [-0.3, -0.25) is 4.79 Å². The van der Waals surface area contributed by atoms with Gasteiger partial charge in [0.25, 0.3) is 5.91 Å². The summed E-state index contributed by atoms with van der Waals surface area (Å²) < 4.78 is 19.9. The summed E-state index contributed by atoms with van der Waals surface area (Å²) in [7, 11) is 1.73. The van der Waals surface area contributed by atoms with Gasteiger partial charge in [-0.15, -0.1) is 6.58 Å². The molecule has 12 nitrogen and oxygen atoms in total. The minimum Gasteiger partial charge on any atom is -0.459 e. The number of nitrogens with one attached hydrogen (secondary N) is 1. The van der Waals surface area contributed by atoms with Gasteiger partial charge in [0, 0.05) is 50.3 Å². The van der Waals surface area contributed by atoms with Crippen LogP contribution >= 0.6 is 0 Å². The second kappa shape index (κ2) is 19.8. The Morgan fingerprint density at radius 2 is 1.79 bits per heavy atom. The third-order valence-electron chi connectivity index (χ3n) is 11.5. The number of likely N-dealkylation sites (N-methyl/N-ethyl adjacent to an activating group) is 1. The standard InChI is InChI=1S/C46H54N4O8/c1-4-25-55-46-41(50(3)44(53)33-19-17-31(29-47)18-20-33)28-39(49-56-30-32-13-7-6-8-14-32)37-26-34(15-9-11-23-51)36(16-10-12-24-52)42(43(37)46)38-27-35(21-22-40(38)58-46)57-45(54)48-5-2/h4,6-8,13-14,17-22,26-27,34,36,41-43,51-52H,1,5,9-12,15-16,23-25,28,30H2,2-3H3,(H,48,54)/t34-,36+,41-,42+,43+,46+/m0/s1. The number of oxime groups is 1. The Hall–Kier alpha value is -5.48. The van der Waals surface area contributed by atoms with E-state index in [-0.39, 0.29) is 56.5 Å². The maximum atomic E-state index is 14.5. The molecule has 0 bridgehead atoms. The van der Waals surface area contributed by atoms with E-state index >= 15 is 0 Å². The van der Waals surface area contributed by atoms with E-state index in [9.17, 15) is 25.1 Å². The molecule has 3 aromatic rings. The fourth-order valence-corrected chi connectivity index (χ4v) is 8.87. The average Bonchev–Trinajstić information content (AvgIpc) is 3.24. The number of hydrogen-bond acceptors (Lipinski definition) is 10. The molecule has 0 saturated heterocycles. The molecule has 3 aromatic carbocycles. The predicted octanol–water partition coefficient (Wildman–Crippen LogP) is 7.27. The molecule has 6 rings (SSSR count). The van der Waals surface area contributed by atoms with Crippen LogP contribution in [0, 0.1) is 29.1 Å². The molecule has 0 aromatic heterocycles. The molecular formula is C46H54N4O8. The molecule has 0 unspecified atom stereocenters. The van der Waals surface area contributed by atoms with Crippen molar-refractivity contribution in [2.45, 2.75) is 76.2 Å². The van der Waals surface area contributed by atoms with E-state index in [2.05, 4.69) is 24.0 Å². The fraction of sp³-hybridized carbons (Fsp3) is 0.435. The number of benzene rings is 3. The Bertz CT molecular complexity index is 1990. The number of fused-ring (bicyclic) bond motifs is 2. The maximum Gasteiger partial charge on any atom is 0.412 e. The first-order valence-corrected chi connectivity index (χ1v) is 20.3. The Labute approximate surface area is 340 Å². The van der Waals surface area contributed by atoms with E-state index in [0.717, 1.165) is 42.4 Å². The van der Waals surface area contributed by atoms with E-state index in [4.69, 9.17) is 24.2 Å². The zero-order chi connectivity index (χ0) is 41.1. The van der Waals surface area contributed by atoms with Crippen LogP contribution in [0.1, 0.15) is 84.8 Å². The van der Waals surface area contributed by atoms with Crippen LogP contribution in [0.25, 0.3) is 0 Å². The van der Waals surface area contributed by atoms with E-state index in [0.29, 0.717) is 47.7 Å². The lowest BCUT2D eigenvalue weighted by atomic mass is 9.55. The summed E-state index contributed by atoms with van der Waals surface area (Å²) in [4.78, 5) is 35.0. The number of nitrogens with zero attached hydrogens (tertiary/aromatic N) is 3. The van der Waals surface area contributed by atoms with Gasteiger partial charge in [-0.2, -0.15) is 5.26 Å². The van der Waals surface area contributed by atoms with Gasteiger partial charge in [-0.1, -0.05) is 60.5 Å². The number of carbonyl (C=O) groups is 2. The Kier molecular flexibility index (Phi) is 14.4. The van der Waals surface area contributed by atoms with Crippen molar-refractivity contribution in [3.05, 3.63) is 119 Å². The topological polar surface area (TPSA) is 163 Å². The Morgan fingerprint density at radius 1 is 1.05 bits per heavy atom. The zero-order valence-corrected chi connectivity index (χ0v) is 33.3. The first-order chi connectivity index (χ1) is 28.3. The second-order valence-electron chi connectivity index (χ2n) is 15.1. The summed E-state index contributed by atoms with van der Waals surface area (Å²) in [5, 5.41) is 36.7. The lowest BCUT2D eigenvalue weighted by Crippen LogP contribution is -2.69. The molecule has 1 heterocycles. The lowest BCUT2D eigenvalue weighted by molar-refractivity contribution is -0.252. The van der Waals surface area contributed by atoms with Crippen LogP contribution < -0.4 is 14.8 Å². The molecule has 58 heavy (non-hydrogen) atoms. The predicted molar refractivity (Wildman–Crippen MR) is 219 cm³/mol. The quantitative estimate of drug-likeness (QED) is 0.0683. The number of aliphatic hydroxyl groups excluding tert-OH is 2. The number of ether oxygens (including phenoxy) is 3. The highest BCUT2D eigenvalue weighted by Crippen LogP contribution is 2.61. The minimum absolute atomic E-state index is 0.00200. The summed E-state index contributed by atoms with van der Waals surface area (Å²) in [6.45, 7) is 6.70. The largest absolute Gasteiger partial charge is 0.459 e. The molecule has 1 saturated carbocycles. The van der Waals surface area contributed by atoms with Gasteiger partial charge in [0.1, 0.15) is 24.1 Å². The maximum absolute atomic E-state index is 14.5. The van der Waals surface area contributed by atoms with Crippen LogP contribution in [0.15, 0.2) is 102 Å². The number of carbonyl (C=O) groups excluding carboxylic acids is 2. The number of nitriles is 1. The number of allylic oxidation sites excluding steroid dienone is 1. The summed E-state index contributed by atoms with van der Waals surface area (Å²) in [6.07, 6.45) is 7.99. The summed E-state index contributed by atoms with van der Waals surface area (Å²) >= 11 is 0. The van der Waals surface area contributed by atoms with Crippen molar-refractivity contribution in [1.82, 2.24) is 10.2 Å². The van der Waals surface area contributed by atoms with Crippen LogP contribution in [-0.4, -0.2) is 78.1 Å². The number of hydrogen-bond donors (Lipinski definition) is 3. The highest BCUT2D eigenvalue weighted by Gasteiger charge is 2.65. The van der Waals surface area contributed by atoms with Crippen molar-refractivity contribution in [1.29, 1.82) is 5.26 Å². The van der Waals surface area contributed by atoms with Gasteiger partial charge >= 0.3 is 6.09 Å². The number of unbranched alkanes of at least 4 members (excludes halogenated alkanes) is 2. The molecule has 6 atom stereocenters. The van der Waals surface area contributed by atoms with Gasteiger partial charge in [-0.25, -0.2) is 4.79 Å². The van der Waals surface area contributed by atoms with Crippen LogP contribution in [0.3, 0.4) is 0 Å². The first kappa shape index (κ1) is 42.1. The Balaban J connectivity index is 1.56. The van der Waals surface area contributed by atoms with Gasteiger partial charge in [0.05, 0.1) is 29.9 Å². The van der Waals surface area contributed by atoms with Crippen LogP contribution in [-0.2, 0) is 16.2 Å². The third kappa shape index (κ3) is 9.12. The molecule has 2 amide bonds. The van der Waals surface area contributed by atoms with Crippen LogP contribution in [0.2, 0.25) is 0 Å². The first-order valence-electron chi connectivity index (χ1n) is 20.3. The zero-order valence-electron chi connectivity index (χ0n) is 33.3. The summed E-state index contributed by atoms with van der Waals surface area (Å²) in [5.74, 6) is -1.62. The molecular weight excluding hydrogens is 737 g/mol. The SMILES string of the molecule is C=CCO[C@@]12Oc3ccc(OC(=O)NCC)cc3[C@H]3[C@H](CCCCO)[C@@H](CCCCO)C=C(C(=NOCc4ccccc4)C[C@@H]1N(C)C(=O)c1ccc(C#N)cc1)[C@H]32. The second-order valence-corrected chi connectivity index (χ2v) is 15.1. The highest BCUT2D eigenvalue weighted by atomic mass is 16.7. The molecule has 1 fully saturated rings. The number of aliphatic hydroxyl groups is 2. The monoisotopic (exact) mass is 790 g/mol. The van der Waals surface area contributed by atoms with Crippen molar-refractivity contribution in [3.63, 3.8) is 0 Å². The van der Waals surface area contributed by atoms with E-state index < -0.39 is 23.8 Å². The molecule has 3 N–H and O–H groups in total. The molecule has 12 heteroatoms. The summed E-state index contributed by atoms with van der Waals surface area (Å²) in [5.41, 5.74) is 4.18. The van der Waals surface area contributed by atoms with Gasteiger partial charge < -0.3 is 39.5 Å². The highest BCUT2D eigenvalue weighted by molar-refractivity contribution is 6.03. The molecule has 0 radical (unpaired) electrons. The summed E-state index contributed by atoms with van der Waals surface area (Å²) in [6, 6.07) is 23.1. The van der Waals surface area contributed by atoms with E-state index in [1.165, 1.54) is 0 Å². The van der Waals surface area contributed by atoms with Crippen molar-refractivity contribution in [2.75, 3.05) is 33.4 Å². The van der Waals surface area contributed by atoms with Gasteiger partial charge in [0.2, 0.25) is 5.79 Å². The lowest BCUT2D eigenvalue weighted by Gasteiger charge is -2.59. The van der Waals surface area contributed by atoms with Crippen molar-refractivity contribution in [2.24, 2.45) is 22.9 Å². The molecule has 1 aliphatic heterocycles. The van der Waals surface area contributed by atoms with Crippen LogP contribution in [0.5, 0.6) is 11.5 Å². The van der Waals surface area contributed by atoms with E-state index in [1.54, 1.807) is 54.4 Å². The third-order valence-corrected chi connectivity index (χ3v) is 11.5. The van der Waals surface area contributed by atoms with E-state index in [1.807, 2.05) is 43.3 Å². The Morgan fingerprint density at radius 3 is 2.48 bits per heavy atom. The molecule has 3 aliphatic rings. The molecule has 0 spiro atoms. The normalized spacial score (nSPS) is 23.6. The number of rotatable bonds is 18. The van der Waals surface area contributed by atoms with Crippen molar-refractivity contribution >= 4 is 17.7 Å². The minimum atomic E-state index is -1.44. The van der Waals surface area contributed by atoms with Gasteiger partial charge in [0.15, 0.2) is 0 Å². The molecule has 2 aliphatic carbocycles.